The average molecular weight is 769 g/mol. The number of rotatable bonds is 4. The molecule has 0 saturated carbocycles. The molecular formula is C61H36. The lowest BCUT2D eigenvalue weighted by atomic mass is 9.67. The normalized spacial score (nSPS) is 13.4. The van der Waals surface area contributed by atoms with Crippen LogP contribution in [0.25, 0.3) is 109 Å². The van der Waals surface area contributed by atoms with E-state index in [1.54, 1.807) is 0 Å². The molecule has 1 aliphatic carbocycles. The SMILES string of the molecule is c1ccc(-c2c3cc4c5ccccc5c5cccc(c3c(-c3ccccc3)c3c6cc7c(c8cccc(c23)c86)-c2ccccc2C7(c2ccccc2)c2ccccc2)c54)cc1. The van der Waals surface area contributed by atoms with Crippen molar-refractivity contribution in [3.8, 4) is 33.4 Å². The van der Waals surface area contributed by atoms with E-state index in [-0.39, 0.29) is 0 Å². The molecule has 0 amide bonds. The Morgan fingerprint density at radius 1 is 0.230 bits per heavy atom. The highest BCUT2D eigenvalue weighted by Gasteiger charge is 2.47. The van der Waals surface area contributed by atoms with Gasteiger partial charge in [-0.15, -0.1) is 0 Å². The molecule has 0 heterocycles. The molecule has 0 aliphatic heterocycles. The van der Waals surface area contributed by atoms with E-state index < -0.39 is 5.41 Å². The van der Waals surface area contributed by atoms with Gasteiger partial charge in [0.2, 0.25) is 0 Å². The standard InChI is InChI=1S/C61H36/c1-5-19-37(20-6-1)53-49-35-48-42-28-14-13-27-41(42)43-30-17-32-46(55(43)48)58(49)54(38-21-7-2-8-22-38)60-50-36-52-57(45-31-18-33-47(56(45)50)59(53)60)44-29-15-16-34-51(44)61(52,39-23-9-3-10-24-39)40-25-11-4-12-26-40/h1-36H. The number of fused-ring (bicyclic) bond motifs is 12. The molecule has 0 bridgehead atoms. The monoisotopic (exact) mass is 768 g/mol. The van der Waals surface area contributed by atoms with Crippen LogP contribution in [0.4, 0.5) is 0 Å². The lowest BCUT2D eigenvalue weighted by molar-refractivity contribution is 0.770. The van der Waals surface area contributed by atoms with Crippen LogP contribution in [0.5, 0.6) is 0 Å². The van der Waals surface area contributed by atoms with Gasteiger partial charge in [-0.3, -0.25) is 0 Å². The maximum Gasteiger partial charge on any atom is 0.0714 e. The molecule has 0 atom stereocenters. The summed E-state index contributed by atoms with van der Waals surface area (Å²) in [5.74, 6) is 0. The summed E-state index contributed by atoms with van der Waals surface area (Å²) in [5, 5.41) is 18.5. The fourth-order valence-electron chi connectivity index (χ4n) is 12.0. The first-order valence-corrected chi connectivity index (χ1v) is 21.4. The molecular weight excluding hydrogens is 733 g/mol. The van der Waals surface area contributed by atoms with Gasteiger partial charge in [-0.2, -0.15) is 0 Å². The summed E-state index contributed by atoms with van der Waals surface area (Å²) in [4.78, 5) is 0. The Morgan fingerprint density at radius 3 is 1.38 bits per heavy atom. The van der Waals surface area contributed by atoms with Crippen molar-refractivity contribution in [2.24, 2.45) is 0 Å². The average Bonchev–Trinajstić information content (AvgIpc) is 3.95. The van der Waals surface area contributed by atoms with Gasteiger partial charge in [-0.05, 0) is 143 Å². The molecule has 13 aromatic rings. The molecule has 0 N–H and O–H groups in total. The van der Waals surface area contributed by atoms with Crippen molar-refractivity contribution in [2.45, 2.75) is 5.41 Å². The van der Waals surface area contributed by atoms with E-state index in [1.165, 1.54) is 131 Å². The van der Waals surface area contributed by atoms with Crippen molar-refractivity contribution in [2.75, 3.05) is 0 Å². The van der Waals surface area contributed by atoms with Crippen LogP contribution in [0.2, 0.25) is 0 Å². The van der Waals surface area contributed by atoms with Gasteiger partial charge < -0.3 is 0 Å². The minimum atomic E-state index is -0.523. The second-order valence-electron chi connectivity index (χ2n) is 17.0. The minimum Gasteiger partial charge on any atom is -0.0622 e. The van der Waals surface area contributed by atoms with Crippen LogP contribution < -0.4 is 0 Å². The van der Waals surface area contributed by atoms with Crippen molar-refractivity contribution < 1.29 is 0 Å². The number of benzene rings is 11. The van der Waals surface area contributed by atoms with Gasteiger partial charge >= 0.3 is 0 Å². The topological polar surface area (TPSA) is 0 Å². The molecule has 61 heavy (non-hydrogen) atoms. The molecule has 0 unspecified atom stereocenters. The molecule has 1 aliphatic rings. The summed E-state index contributed by atoms with van der Waals surface area (Å²) < 4.78 is 0. The van der Waals surface area contributed by atoms with Gasteiger partial charge in [-0.25, -0.2) is 0 Å². The molecule has 0 aromatic heterocycles. The van der Waals surface area contributed by atoms with Crippen molar-refractivity contribution >= 4 is 75.4 Å². The lowest BCUT2D eigenvalue weighted by Gasteiger charge is -2.34. The summed E-state index contributed by atoms with van der Waals surface area (Å²) in [6.07, 6.45) is 0. The van der Waals surface area contributed by atoms with Gasteiger partial charge in [0.15, 0.2) is 0 Å². The highest BCUT2D eigenvalue weighted by molar-refractivity contribution is 6.45. The molecule has 0 radical (unpaired) electrons. The van der Waals surface area contributed by atoms with Crippen LogP contribution in [0.15, 0.2) is 218 Å². The van der Waals surface area contributed by atoms with Gasteiger partial charge in [0.25, 0.3) is 0 Å². The van der Waals surface area contributed by atoms with E-state index in [0.29, 0.717) is 0 Å². The van der Waals surface area contributed by atoms with Gasteiger partial charge in [0, 0.05) is 0 Å². The van der Waals surface area contributed by atoms with Crippen LogP contribution in [0.3, 0.4) is 0 Å². The van der Waals surface area contributed by atoms with E-state index in [1.807, 2.05) is 0 Å². The van der Waals surface area contributed by atoms with Crippen LogP contribution in [-0.2, 0) is 5.41 Å². The first-order valence-electron chi connectivity index (χ1n) is 21.4. The van der Waals surface area contributed by atoms with E-state index in [2.05, 4.69) is 218 Å². The summed E-state index contributed by atoms with van der Waals surface area (Å²) in [6.45, 7) is 0. The van der Waals surface area contributed by atoms with Gasteiger partial charge in [0.05, 0.1) is 5.41 Å². The van der Waals surface area contributed by atoms with Crippen LogP contribution in [0.1, 0.15) is 22.3 Å². The van der Waals surface area contributed by atoms with Crippen LogP contribution in [0, 0.1) is 0 Å². The Bertz CT molecular complexity index is 3840. The summed E-state index contributed by atoms with van der Waals surface area (Å²) >= 11 is 0. The first kappa shape index (κ1) is 33.1. The van der Waals surface area contributed by atoms with E-state index in [0.717, 1.165) is 0 Å². The highest BCUT2D eigenvalue weighted by Crippen LogP contribution is 2.61. The largest absolute Gasteiger partial charge is 0.0714 e. The van der Waals surface area contributed by atoms with Gasteiger partial charge in [-0.1, -0.05) is 206 Å². The van der Waals surface area contributed by atoms with Gasteiger partial charge in [0.1, 0.15) is 0 Å². The molecule has 0 spiro atoms. The maximum absolute atomic E-state index is 2.62. The third-order valence-corrected chi connectivity index (χ3v) is 14.2. The van der Waals surface area contributed by atoms with Crippen molar-refractivity contribution in [1.82, 2.24) is 0 Å². The number of hydrogen-bond acceptors (Lipinski definition) is 0. The molecule has 0 heteroatoms. The quantitative estimate of drug-likeness (QED) is 0.156. The van der Waals surface area contributed by atoms with Crippen molar-refractivity contribution in [3.63, 3.8) is 0 Å². The second-order valence-corrected chi connectivity index (χ2v) is 17.0. The fourth-order valence-corrected chi connectivity index (χ4v) is 12.0. The Hall–Kier alpha value is -7.80. The van der Waals surface area contributed by atoms with E-state index in [4.69, 9.17) is 0 Å². The minimum absolute atomic E-state index is 0.523. The Labute approximate surface area is 353 Å². The molecule has 0 nitrogen and oxygen atoms in total. The summed E-state index contributed by atoms with van der Waals surface area (Å²) in [5.41, 5.74) is 12.5. The third-order valence-electron chi connectivity index (χ3n) is 14.2. The Morgan fingerprint density at radius 2 is 0.705 bits per heavy atom. The third kappa shape index (κ3) is 4.14. The zero-order chi connectivity index (χ0) is 39.8. The summed E-state index contributed by atoms with van der Waals surface area (Å²) in [7, 11) is 0. The molecule has 0 saturated heterocycles. The lowest BCUT2D eigenvalue weighted by Crippen LogP contribution is -2.28. The molecule has 280 valence electrons. The fraction of sp³-hybridized carbons (Fsp3) is 0.0164. The van der Waals surface area contributed by atoms with Crippen LogP contribution >= 0.6 is 0 Å². The van der Waals surface area contributed by atoms with E-state index >= 15 is 0 Å². The van der Waals surface area contributed by atoms with Crippen LogP contribution in [-0.4, -0.2) is 0 Å². The zero-order valence-corrected chi connectivity index (χ0v) is 33.3. The molecule has 0 fully saturated rings. The Balaban J connectivity index is 1.29. The highest BCUT2D eigenvalue weighted by atomic mass is 14.5. The second kappa shape index (κ2) is 12.1. The predicted octanol–water partition coefficient (Wildman–Crippen LogP) is 16.3. The Kier molecular flexibility index (Phi) is 6.58. The molecule has 13 aromatic carbocycles. The van der Waals surface area contributed by atoms with Crippen molar-refractivity contribution in [3.05, 3.63) is 241 Å². The van der Waals surface area contributed by atoms with E-state index in [9.17, 15) is 0 Å². The maximum atomic E-state index is 2.62. The predicted molar refractivity (Wildman–Crippen MR) is 260 cm³/mol. The zero-order valence-electron chi connectivity index (χ0n) is 33.3. The molecule has 14 rings (SSSR count). The summed E-state index contributed by atoms with van der Waals surface area (Å²) in [6, 6.07) is 82.3. The first-order chi connectivity index (χ1) is 30.3. The smallest absolute Gasteiger partial charge is 0.0622 e. The number of hydrogen-bond donors (Lipinski definition) is 0. The van der Waals surface area contributed by atoms with Crippen molar-refractivity contribution in [1.29, 1.82) is 0 Å².